The highest BCUT2D eigenvalue weighted by molar-refractivity contribution is 7.99. The van der Waals surface area contributed by atoms with Crippen molar-refractivity contribution in [1.82, 2.24) is 9.55 Å². The molecule has 5 nitrogen and oxygen atoms in total. The van der Waals surface area contributed by atoms with Crippen molar-refractivity contribution in [2.75, 3.05) is 16.8 Å². The lowest BCUT2D eigenvalue weighted by Crippen LogP contribution is -2.15. The Morgan fingerprint density at radius 1 is 1.58 bits per heavy atom. The van der Waals surface area contributed by atoms with Gasteiger partial charge >= 0.3 is 0 Å². The number of aromatic nitrogens is 2. The number of anilines is 2. The minimum atomic E-state index is -0.151. The van der Waals surface area contributed by atoms with Crippen molar-refractivity contribution in [3.63, 3.8) is 0 Å². The summed E-state index contributed by atoms with van der Waals surface area (Å²) in [6.45, 7) is 0. The highest BCUT2D eigenvalue weighted by Gasteiger charge is 2.08. The number of nitrogens with zero attached hydrogens (tertiary/aromatic N) is 2. The predicted molar refractivity (Wildman–Crippen MR) is 78.4 cm³/mol. The first-order chi connectivity index (χ1) is 9.06. The summed E-state index contributed by atoms with van der Waals surface area (Å²) < 4.78 is 1.85. The molecule has 0 spiro atoms. The Labute approximate surface area is 120 Å². The minimum absolute atomic E-state index is 0.151. The number of hydrogen-bond acceptors (Lipinski definition) is 4. The van der Waals surface area contributed by atoms with Crippen LogP contribution in [0.4, 0.5) is 11.4 Å². The quantitative estimate of drug-likeness (QED) is 0.671. The van der Waals surface area contributed by atoms with Crippen LogP contribution in [0.1, 0.15) is 0 Å². The van der Waals surface area contributed by atoms with Crippen LogP contribution in [0, 0.1) is 0 Å². The minimum Gasteiger partial charge on any atom is -0.397 e. The van der Waals surface area contributed by atoms with Gasteiger partial charge in [0.25, 0.3) is 0 Å². The molecule has 2 rings (SSSR count). The van der Waals surface area contributed by atoms with E-state index in [4.69, 9.17) is 17.3 Å². The number of nitrogens with two attached hydrogens (primary N) is 1. The number of amides is 1. The van der Waals surface area contributed by atoms with Crippen LogP contribution in [0.15, 0.2) is 35.7 Å². The summed E-state index contributed by atoms with van der Waals surface area (Å²) in [6.07, 6.45) is 3.52. The Bertz CT molecular complexity index is 599. The highest BCUT2D eigenvalue weighted by Crippen LogP contribution is 2.23. The molecule has 3 N–H and O–H groups in total. The summed E-state index contributed by atoms with van der Waals surface area (Å²) in [5.41, 5.74) is 6.77. The van der Waals surface area contributed by atoms with Crippen molar-refractivity contribution in [1.29, 1.82) is 0 Å². The van der Waals surface area contributed by atoms with Crippen LogP contribution in [-0.2, 0) is 11.8 Å². The standard InChI is InChI=1S/C12H13ClN4OS/c1-17-5-4-15-12(17)19-7-11(18)16-10-6-8(13)2-3-9(10)14/h2-6H,7,14H2,1H3,(H,16,18). The van der Waals surface area contributed by atoms with E-state index in [9.17, 15) is 4.79 Å². The number of aryl methyl sites for hydroxylation is 1. The maximum atomic E-state index is 11.8. The second kappa shape index (κ2) is 5.99. The summed E-state index contributed by atoms with van der Waals surface area (Å²) in [5, 5.41) is 4.04. The lowest BCUT2D eigenvalue weighted by molar-refractivity contribution is -0.113. The Balaban J connectivity index is 1.94. The fourth-order valence-electron chi connectivity index (χ4n) is 1.44. The molecule has 100 valence electrons. The van der Waals surface area contributed by atoms with Gasteiger partial charge in [-0.15, -0.1) is 0 Å². The monoisotopic (exact) mass is 296 g/mol. The maximum absolute atomic E-state index is 11.8. The van der Waals surface area contributed by atoms with Crippen molar-refractivity contribution < 1.29 is 4.79 Å². The molecule has 0 aliphatic rings. The van der Waals surface area contributed by atoms with Crippen LogP contribution in [0.3, 0.4) is 0 Å². The molecule has 1 heterocycles. The van der Waals surface area contributed by atoms with Crippen LogP contribution in [0.2, 0.25) is 5.02 Å². The Morgan fingerprint density at radius 3 is 3.05 bits per heavy atom. The molecule has 0 radical (unpaired) electrons. The number of imidazole rings is 1. The molecule has 0 aliphatic heterocycles. The maximum Gasteiger partial charge on any atom is 0.234 e. The zero-order valence-corrected chi connectivity index (χ0v) is 11.8. The molecule has 7 heteroatoms. The lowest BCUT2D eigenvalue weighted by Gasteiger charge is -2.08. The van der Waals surface area contributed by atoms with E-state index < -0.39 is 0 Å². The number of rotatable bonds is 4. The Morgan fingerprint density at radius 2 is 2.37 bits per heavy atom. The van der Waals surface area contributed by atoms with Gasteiger partial charge in [-0.1, -0.05) is 23.4 Å². The van der Waals surface area contributed by atoms with Gasteiger partial charge in [0.2, 0.25) is 5.91 Å². The van der Waals surface area contributed by atoms with Gasteiger partial charge < -0.3 is 15.6 Å². The van der Waals surface area contributed by atoms with Gasteiger partial charge in [0, 0.05) is 24.5 Å². The average Bonchev–Trinajstić information content (AvgIpc) is 2.77. The van der Waals surface area contributed by atoms with Crippen LogP contribution >= 0.6 is 23.4 Å². The van der Waals surface area contributed by atoms with E-state index in [-0.39, 0.29) is 11.7 Å². The van der Waals surface area contributed by atoms with E-state index in [1.54, 1.807) is 24.4 Å². The van der Waals surface area contributed by atoms with Gasteiger partial charge in [0.15, 0.2) is 5.16 Å². The van der Waals surface area contributed by atoms with Crippen molar-refractivity contribution in [3.8, 4) is 0 Å². The normalized spacial score (nSPS) is 10.4. The first-order valence-electron chi connectivity index (χ1n) is 5.51. The molecule has 0 atom stereocenters. The fourth-order valence-corrected chi connectivity index (χ4v) is 2.35. The third-order valence-electron chi connectivity index (χ3n) is 2.40. The molecule has 0 saturated heterocycles. The van der Waals surface area contributed by atoms with Crippen LogP contribution < -0.4 is 11.1 Å². The third kappa shape index (κ3) is 3.65. The van der Waals surface area contributed by atoms with Crippen molar-refractivity contribution in [3.05, 3.63) is 35.6 Å². The number of nitrogen functional groups attached to an aromatic ring is 1. The lowest BCUT2D eigenvalue weighted by atomic mass is 10.2. The van der Waals surface area contributed by atoms with Crippen LogP contribution in [0.5, 0.6) is 0 Å². The zero-order chi connectivity index (χ0) is 13.8. The van der Waals surface area contributed by atoms with Gasteiger partial charge in [0.1, 0.15) is 0 Å². The van der Waals surface area contributed by atoms with Gasteiger partial charge in [-0.3, -0.25) is 4.79 Å². The molecule has 19 heavy (non-hydrogen) atoms. The van der Waals surface area contributed by atoms with Crippen molar-refractivity contribution in [2.24, 2.45) is 7.05 Å². The molecule has 0 bridgehead atoms. The zero-order valence-electron chi connectivity index (χ0n) is 10.3. The smallest absolute Gasteiger partial charge is 0.234 e. The Hall–Kier alpha value is -1.66. The van der Waals surface area contributed by atoms with Crippen molar-refractivity contribution in [2.45, 2.75) is 5.16 Å². The molecule has 0 saturated carbocycles. The Kier molecular flexibility index (Phi) is 4.34. The van der Waals surface area contributed by atoms with Gasteiger partial charge in [-0.25, -0.2) is 4.98 Å². The largest absolute Gasteiger partial charge is 0.397 e. The summed E-state index contributed by atoms with van der Waals surface area (Å²) in [4.78, 5) is 15.9. The van der Waals surface area contributed by atoms with Crippen LogP contribution in [0.25, 0.3) is 0 Å². The third-order valence-corrected chi connectivity index (χ3v) is 3.69. The van der Waals surface area contributed by atoms with E-state index in [1.807, 2.05) is 17.8 Å². The van der Waals surface area contributed by atoms with Crippen LogP contribution in [-0.4, -0.2) is 21.2 Å². The molecule has 1 aromatic carbocycles. The topological polar surface area (TPSA) is 72.9 Å². The molecule has 0 unspecified atom stereocenters. The van der Waals surface area contributed by atoms with Crippen molar-refractivity contribution >= 4 is 40.6 Å². The summed E-state index contributed by atoms with van der Waals surface area (Å²) >= 11 is 7.21. The number of hydrogen-bond donors (Lipinski definition) is 2. The highest BCUT2D eigenvalue weighted by atomic mass is 35.5. The predicted octanol–water partition coefficient (Wildman–Crippen LogP) is 2.39. The SMILES string of the molecule is Cn1ccnc1SCC(=O)Nc1cc(Cl)ccc1N. The second-order valence-electron chi connectivity index (χ2n) is 3.89. The molecular weight excluding hydrogens is 284 g/mol. The summed E-state index contributed by atoms with van der Waals surface area (Å²) in [6, 6.07) is 4.96. The number of halogens is 1. The molecule has 1 amide bonds. The van der Waals surface area contributed by atoms with E-state index in [0.29, 0.717) is 16.4 Å². The van der Waals surface area contributed by atoms with Gasteiger partial charge in [0.05, 0.1) is 17.1 Å². The van der Waals surface area contributed by atoms with E-state index >= 15 is 0 Å². The number of nitrogens with one attached hydrogen (secondary N) is 1. The number of carbonyl (C=O) groups is 1. The molecular formula is C12H13ClN4OS. The second-order valence-corrected chi connectivity index (χ2v) is 5.27. The average molecular weight is 297 g/mol. The number of carbonyl (C=O) groups excluding carboxylic acids is 1. The molecule has 1 aromatic heterocycles. The number of thioether (sulfide) groups is 1. The van der Waals surface area contributed by atoms with E-state index in [0.717, 1.165) is 5.16 Å². The number of benzene rings is 1. The first-order valence-corrected chi connectivity index (χ1v) is 6.87. The fraction of sp³-hybridized carbons (Fsp3) is 0.167. The first kappa shape index (κ1) is 13.8. The summed E-state index contributed by atoms with van der Waals surface area (Å²) in [7, 11) is 1.88. The van der Waals surface area contributed by atoms with Gasteiger partial charge in [-0.05, 0) is 18.2 Å². The molecule has 2 aromatic rings. The van der Waals surface area contributed by atoms with E-state index in [2.05, 4.69) is 10.3 Å². The van der Waals surface area contributed by atoms with Gasteiger partial charge in [-0.2, -0.15) is 0 Å². The van der Waals surface area contributed by atoms with E-state index in [1.165, 1.54) is 11.8 Å². The molecule has 0 aliphatic carbocycles. The summed E-state index contributed by atoms with van der Waals surface area (Å²) in [5.74, 6) is 0.110. The molecule has 0 fully saturated rings.